The number of aromatic nitrogens is 1. The third-order valence-corrected chi connectivity index (χ3v) is 3.66. The summed E-state index contributed by atoms with van der Waals surface area (Å²) in [4.78, 5) is 12.3. The maximum Gasteiger partial charge on any atom is 0.350 e. The van der Waals surface area contributed by atoms with Crippen molar-refractivity contribution in [1.82, 2.24) is 5.16 Å². The zero-order valence-corrected chi connectivity index (χ0v) is 16.2. The van der Waals surface area contributed by atoms with Crippen LogP contribution in [0.15, 0.2) is 34.9 Å². The lowest BCUT2D eigenvalue weighted by atomic mass is 10.1. The van der Waals surface area contributed by atoms with E-state index in [-0.39, 0.29) is 0 Å². The minimum Gasteiger partial charge on any atom is -0.476 e. The Balaban J connectivity index is 2.09. The first-order chi connectivity index (χ1) is 12.0. The maximum absolute atomic E-state index is 12.3. The molecule has 1 heterocycles. The van der Waals surface area contributed by atoms with Crippen molar-refractivity contribution in [3.63, 3.8) is 0 Å². The molecule has 1 N–H and O–H groups in total. The first kappa shape index (κ1) is 20.0. The van der Waals surface area contributed by atoms with Gasteiger partial charge in [-0.25, -0.2) is 4.79 Å². The van der Waals surface area contributed by atoms with Gasteiger partial charge in [0.2, 0.25) is 0 Å². The van der Waals surface area contributed by atoms with Crippen LogP contribution >= 0.6 is 0 Å². The Morgan fingerprint density at radius 1 is 1.19 bits per heavy atom. The van der Waals surface area contributed by atoms with Crippen molar-refractivity contribution in [3.05, 3.63) is 36.1 Å². The molecule has 0 radical (unpaired) electrons. The largest absolute Gasteiger partial charge is 0.476 e. The fraction of sp³-hybridized carbons (Fsp3) is 0.500. The number of carbonyl (C=O) groups is 1. The summed E-state index contributed by atoms with van der Waals surface area (Å²) < 4.78 is 16.4. The quantitative estimate of drug-likeness (QED) is 0.773. The van der Waals surface area contributed by atoms with Crippen LogP contribution in [-0.4, -0.2) is 27.4 Å². The van der Waals surface area contributed by atoms with E-state index in [0.29, 0.717) is 23.6 Å². The number of nitrogens with zero attached hydrogens (tertiary/aromatic N) is 1. The van der Waals surface area contributed by atoms with Crippen LogP contribution in [-0.2, 0) is 9.53 Å². The second-order valence-corrected chi connectivity index (χ2v) is 7.68. The summed E-state index contributed by atoms with van der Waals surface area (Å²) in [5, 5.41) is 13.8. The number of hydrogen-bond donors (Lipinski definition) is 1. The molecule has 1 atom stereocenters. The Kier molecular flexibility index (Phi) is 5.76. The highest BCUT2D eigenvalue weighted by Crippen LogP contribution is 2.27. The predicted molar refractivity (Wildman–Crippen MR) is 97.7 cm³/mol. The third-order valence-electron chi connectivity index (χ3n) is 3.66. The summed E-state index contributed by atoms with van der Waals surface area (Å²) in [6.45, 7) is 10.7. The molecule has 0 bridgehead atoms. The molecule has 26 heavy (non-hydrogen) atoms. The SMILES string of the molecule is CCC(O)c1cc(-c2ccc(OC(C)(C)C(=O)OC(C)(C)C)cc2)no1. The van der Waals surface area contributed by atoms with E-state index in [1.54, 1.807) is 32.0 Å². The average molecular weight is 361 g/mol. The van der Waals surface area contributed by atoms with E-state index in [4.69, 9.17) is 14.0 Å². The van der Waals surface area contributed by atoms with E-state index < -0.39 is 23.3 Å². The van der Waals surface area contributed by atoms with Crippen molar-refractivity contribution in [3.8, 4) is 17.0 Å². The number of aliphatic hydroxyl groups is 1. The highest BCUT2D eigenvalue weighted by molar-refractivity contribution is 5.79. The van der Waals surface area contributed by atoms with Gasteiger partial charge in [-0.05, 0) is 65.3 Å². The zero-order chi connectivity index (χ0) is 19.5. The van der Waals surface area contributed by atoms with Crippen molar-refractivity contribution in [2.45, 2.75) is 65.3 Å². The van der Waals surface area contributed by atoms with E-state index in [0.717, 1.165) is 5.56 Å². The lowest BCUT2D eigenvalue weighted by Gasteiger charge is -2.29. The van der Waals surface area contributed by atoms with Crippen molar-refractivity contribution in [1.29, 1.82) is 0 Å². The van der Waals surface area contributed by atoms with Gasteiger partial charge in [0.05, 0.1) is 0 Å². The lowest BCUT2D eigenvalue weighted by molar-refractivity contribution is -0.170. The second-order valence-electron chi connectivity index (χ2n) is 7.68. The monoisotopic (exact) mass is 361 g/mol. The van der Waals surface area contributed by atoms with Crippen LogP contribution in [0.2, 0.25) is 0 Å². The normalized spacial score (nSPS) is 13.3. The molecule has 0 saturated heterocycles. The summed E-state index contributed by atoms with van der Waals surface area (Å²) in [5.74, 6) is 0.555. The Hall–Kier alpha value is -2.34. The maximum atomic E-state index is 12.3. The fourth-order valence-electron chi connectivity index (χ4n) is 2.21. The van der Waals surface area contributed by atoms with E-state index >= 15 is 0 Å². The van der Waals surface area contributed by atoms with Gasteiger partial charge in [-0.15, -0.1) is 0 Å². The first-order valence-electron chi connectivity index (χ1n) is 8.69. The number of aliphatic hydroxyl groups excluding tert-OH is 1. The Labute approximate surface area is 154 Å². The van der Waals surface area contributed by atoms with Crippen LogP contribution in [0.3, 0.4) is 0 Å². The molecule has 1 unspecified atom stereocenters. The molecule has 142 valence electrons. The lowest BCUT2D eigenvalue weighted by Crippen LogP contribution is -2.43. The second kappa shape index (κ2) is 7.50. The number of hydrogen-bond acceptors (Lipinski definition) is 6. The number of esters is 1. The molecule has 0 fully saturated rings. The summed E-state index contributed by atoms with van der Waals surface area (Å²) >= 11 is 0. The van der Waals surface area contributed by atoms with Crippen LogP contribution < -0.4 is 4.74 Å². The van der Waals surface area contributed by atoms with Crippen molar-refractivity contribution in [2.24, 2.45) is 0 Å². The van der Waals surface area contributed by atoms with Crippen molar-refractivity contribution >= 4 is 5.97 Å². The van der Waals surface area contributed by atoms with Gasteiger partial charge < -0.3 is 19.1 Å². The predicted octanol–water partition coefficient (Wildman–Crippen LogP) is 4.28. The molecule has 0 spiro atoms. The molecular formula is C20H27NO5. The highest BCUT2D eigenvalue weighted by Gasteiger charge is 2.34. The van der Waals surface area contributed by atoms with Gasteiger partial charge >= 0.3 is 5.97 Å². The molecule has 0 aliphatic heterocycles. The van der Waals surface area contributed by atoms with Gasteiger partial charge in [-0.2, -0.15) is 0 Å². The van der Waals surface area contributed by atoms with Crippen molar-refractivity contribution < 1.29 is 23.9 Å². The summed E-state index contributed by atoms with van der Waals surface area (Å²) in [5.41, 5.74) is -0.229. The zero-order valence-electron chi connectivity index (χ0n) is 16.2. The van der Waals surface area contributed by atoms with Crippen LogP contribution in [0.1, 0.15) is 59.8 Å². The highest BCUT2D eigenvalue weighted by atomic mass is 16.6. The van der Waals surface area contributed by atoms with Gasteiger partial charge in [-0.1, -0.05) is 12.1 Å². The molecule has 6 nitrogen and oxygen atoms in total. The van der Waals surface area contributed by atoms with E-state index in [1.807, 2.05) is 39.8 Å². The molecule has 2 rings (SSSR count). The summed E-state index contributed by atoms with van der Waals surface area (Å²) in [6.07, 6.45) is -0.102. The molecule has 2 aromatic rings. The summed E-state index contributed by atoms with van der Waals surface area (Å²) in [6, 6.07) is 8.87. The van der Waals surface area contributed by atoms with Crippen LogP contribution in [0.5, 0.6) is 5.75 Å². The molecule has 6 heteroatoms. The molecule has 1 aromatic carbocycles. The number of ether oxygens (including phenoxy) is 2. The topological polar surface area (TPSA) is 81.8 Å². The molecule has 0 aliphatic carbocycles. The van der Waals surface area contributed by atoms with Gasteiger partial charge in [0, 0.05) is 11.6 Å². The molecule has 1 aromatic heterocycles. The van der Waals surface area contributed by atoms with Crippen LogP contribution in [0.25, 0.3) is 11.3 Å². The van der Waals surface area contributed by atoms with Gasteiger partial charge in [-0.3, -0.25) is 0 Å². The number of carbonyl (C=O) groups excluding carboxylic acids is 1. The number of rotatable bonds is 6. The molecule has 0 aliphatic rings. The number of benzene rings is 1. The van der Waals surface area contributed by atoms with Gasteiger partial charge in [0.15, 0.2) is 11.4 Å². The molecule has 0 amide bonds. The van der Waals surface area contributed by atoms with Gasteiger partial charge in [0.25, 0.3) is 0 Å². The molecule has 0 saturated carbocycles. The summed E-state index contributed by atoms with van der Waals surface area (Å²) in [7, 11) is 0. The minimum atomic E-state index is -1.11. The minimum absolute atomic E-state index is 0.427. The van der Waals surface area contributed by atoms with E-state index in [9.17, 15) is 9.90 Å². The Morgan fingerprint density at radius 2 is 1.81 bits per heavy atom. The van der Waals surface area contributed by atoms with Crippen molar-refractivity contribution in [2.75, 3.05) is 0 Å². The van der Waals surface area contributed by atoms with Crippen LogP contribution in [0, 0.1) is 0 Å². The van der Waals surface area contributed by atoms with E-state index in [1.165, 1.54) is 0 Å². The standard InChI is InChI=1S/C20H27NO5/c1-7-16(22)17-12-15(21-26-17)13-8-10-14(11-9-13)24-20(5,6)18(23)25-19(2,3)4/h8-12,16,22H,7H2,1-6H3. The average Bonchev–Trinajstić information content (AvgIpc) is 3.03. The first-order valence-corrected chi connectivity index (χ1v) is 8.69. The fourth-order valence-corrected chi connectivity index (χ4v) is 2.21. The van der Waals surface area contributed by atoms with Gasteiger partial charge in [0.1, 0.15) is 23.1 Å². The Bertz CT molecular complexity index is 740. The van der Waals surface area contributed by atoms with Crippen LogP contribution in [0.4, 0.5) is 0 Å². The molecular weight excluding hydrogens is 334 g/mol. The Morgan fingerprint density at radius 3 is 2.35 bits per heavy atom. The smallest absolute Gasteiger partial charge is 0.350 e. The van der Waals surface area contributed by atoms with E-state index in [2.05, 4.69) is 5.16 Å². The third kappa shape index (κ3) is 5.08.